The molecule has 4 aromatic carbocycles. The van der Waals surface area contributed by atoms with Gasteiger partial charge in [-0.25, -0.2) is 8.78 Å². The molecule has 33 heavy (non-hydrogen) atoms. The lowest BCUT2D eigenvalue weighted by Gasteiger charge is -2.10. The van der Waals surface area contributed by atoms with Gasteiger partial charge in [-0.05, 0) is 77.1 Å². The average Bonchev–Trinajstić information content (AvgIpc) is 2.83. The normalized spacial score (nSPS) is 11.0. The van der Waals surface area contributed by atoms with Crippen molar-refractivity contribution >= 4 is 10.8 Å². The number of aryl methyl sites for hydroxylation is 4. The maximum Gasteiger partial charge on any atom is 0.134 e. The molecule has 4 heteroatoms. The van der Waals surface area contributed by atoms with E-state index in [0.29, 0.717) is 54.4 Å². The molecule has 0 unspecified atom stereocenters. The second kappa shape index (κ2) is 10.4. The zero-order valence-corrected chi connectivity index (χ0v) is 18.6. The highest BCUT2D eigenvalue weighted by Crippen LogP contribution is 2.25. The highest BCUT2D eigenvalue weighted by Gasteiger charge is 2.10. The summed E-state index contributed by atoms with van der Waals surface area (Å²) in [5.41, 5.74) is 4.91. The standard InChI is InChI=1S/C29H25F2NO/c1-33-19-23-8-11-24(28(30)17-23)10-7-21-9-15-27-26(16-21)14-13-25(29(27)31)12-6-20-2-4-22(18-32)5-3-20/h2-5,8-9,11,13-17H,6-7,10,12,19H2,1H3. The molecule has 0 saturated carbocycles. The minimum Gasteiger partial charge on any atom is -0.380 e. The first kappa shape index (κ1) is 22.6. The summed E-state index contributed by atoms with van der Waals surface area (Å²) in [5.74, 6) is -0.407. The topological polar surface area (TPSA) is 33.0 Å². The fraction of sp³-hybridized carbons (Fsp3) is 0.207. The number of hydrogen-bond acceptors (Lipinski definition) is 2. The highest BCUT2D eigenvalue weighted by molar-refractivity contribution is 5.84. The van der Waals surface area contributed by atoms with Crippen LogP contribution in [0.5, 0.6) is 0 Å². The Morgan fingerprint density at radius 2 is 1.39 bits per heavy atom. The lowest BCUT2D eigenvalue weighted by molar-refractivity contribution is 0.184. The van der Waals surface area contributed by atoms with Gasteiger partial charge in [-0.15, -0.1) is 0 Å². The predicted molar refractivity (Wildman–Crippen MR) is 127 cm³/mol. The van der Waals surface area contributed by atoms with Crippen molar-refractivity contribution in [3.8, 4) is 6.07 Å². The van der Waals surface area contributed by atoms with E-state index >= 15 is 4.39 Å². The first-order valence-corrected chi connectivity index (χ1v) is 11.0. The molecule has 0 bridgehead atoms. The summed E-state index contributed by atoms with van der Waals surface area (Å²) in [5, 5.41) is 10.4. The van der Waals surface area contributed by atoms with Crippen molar-refractivity contribution in [3.05, 3.63) is 118 Å². The zero-order chi connectivity index (χ0) is 23.2. The number of hydrogen-bond donors (Lipinski definition) is 0. The van der Waals surface area contributed by atoms with Crippen molar-refractivity contribution in [2.24, 2.45) is 0 Å². The smallest absolute Gasteiger partial charge is 0.134 e. The van der Waals surface area contributed by atoms with Gasteiger partial charge >= 0.3 is 0 Å². The molecule has 0 radical (unpaired) electrons. The van der Waals surface area contributed by atoms with E-state index in [-0.39, 0.29) is 11.6 Å². The van der Waals surface area contributed by atoms with Crippen LogP contribution in [0.1, 0.15) is 33.4 Å². The maximum absolute atomic E-state index is 15.1. The minimum absolute atomic E-state index is 0.188. The van der Waals surface area contributed by atoms with E-state index < -0.39 is 0 Å². The van der Waals surface area contributed by atoms with Crippen LogP contribution < -0.4 is 0 Å². The number of rotatable bonds is 8. The van der Waals surface area contributed by atoms with Gasteiger partial charge in [-0.3, -0.25) is 0 Å². The van der Waals surface area contributed by atoms with Crippen molar-refractivity contribution in [2.45, 2.75) is 32.3 Å². The van der Waals surface area contributed by atoms with Crippen LogP contribution in [0.4, 0.5) is 8.78 Å². The third-order valence-corrected chi connectivity index (χ3v) is 5.98. The summed E-state index contributed by atoms with van der Waals surface area (Å²) in [7, 11) is 1.59. The van der Waals surface area contributed by atoms with Crippen LogP contribution in [0.3, 0.4) is 0 Å². The molecule has 0 heterocycles. The summed E-state index contributed by atoms with van der Waals surface area (Å²) in [6.07, 6.45) is 2.56. The van der Waals surface area contributed by atoms with Crippen molar-refractivity contribution in [3.63, 3.8) is 0 Å². The van der Waals surface area contributed by atoms with Crippen LogP contribution in [-0.4, -0.2) is 7.11 Å². The largest absolute Gasteiger partial charge is 0.380 e. The van der Waals surface area contributed by atoms with Crippen LogP contribution in [-0.2, 0) is 37.0 Å². The zero-order valence-electron chi connectivity index (χ0n) is 18.6. The van der Waals surface area contributed by atoms with Crippen molar-refractivity contribution in [1.29, 1.82) is 5.26 Å². The number of nitriles is 1. The number of halogens is 2. The van der Waals surface area contributed by atoms with Crippen molar-refractivity contribution in [2.75, 3.05) is 7.11 Å². The molecule has 4 rings (SSSR count). The Hall–Kier alpha value is -3.55. The summed E-state index contributed by atoms with van der Waals surface area (Å²) < 4.78 is 34.5. The first-order valence-electron chi connectivity index (χ1n) is 11.0. The van der Waals surface area contributed by atoms with Crippen molar-refractivity contribution in [1.82, 2.24) is 0 Å². The van der Waals surface area contributed by atoms with Gasteiger partial charge in [0.05, 0.1) is 18.2 Å². The predicted octanol–water partition coefficient (Wildman–Crippen LogP) is 6.71. The fourth-order valence-electron chi connectivity index (χ4n) is 4.09. The van der Waals surface area contributed by atoms with Gasteiger partial charge < -0.3 is 4.74 Å². The van der Waals surface area contributed by atoms with Crippen molar-refractivity contribution < 1.29 is 13.5 Å². The van der Waals surface area contributed by atoms with E-state index in [1.165, 1.54) is 6.07 Å². The number of ether oxygens (including phenoxy) is 1. The molecular weight excluding hydrogens is 416 g/mol. The van der Waals surface area contributed by atoms with E-state index in [0.717, 1.165) is 22.1 Å². The first-order chi connectivity index (χ1) is 16.1. The van der Waals surface area contributed by atoms with Gasteiger partial charge in [-0.2, -0.15) is 5.26 Å². The summed E-state index contributed by atoms with van der Waals surface area (Å²) in [4.78, 5) is 0. The van der Waals surface area contributed by atoms with E-state index in [2.05, 4.69) is 6.07 Å². The molecule has 0 aliphatic carbocycles. The molecule has 0 N–H and O–H groups in total. The number of nitrogens with zero attached hydrogens (tertiary/aromatic N) is 1. The number of methoxy groups -OCH3 is 1. The molecule has 0 aromatic heterocycles. The van der Waals surface area contributed by atoms with Crippen LogP contribution in [0.15, 0.2) is 72.8 Å². The van der Waals surface area contributed by atoms with Crippen LogP contribution in [0.25, 0.3) is 10.8 Å². The Balaban J connectivity index is 1.44. The SMILES string of the molecule is COCc1ccc(CCc2ccc3c(F)c(CCc4ccc(C#N)cc4)ccc3c2)c(F)c1. The Kier molecular flexibility index (Phi) is 7.12. The van der Waals surface area contributed by atoms with E-state index in [1.54, 1.807) is 19.2 Å². The molecular formula is C29H25F2NO. The molecule has 2 nitrogen and oxygen atoms in total. The monoisotopic (exact) mass is 441 g/mol. The lowest BCUT2D eigenvalue weighted by Crippen LogP contribution is -1.98. The lowest BCUT2D eigenvalue weighted by atomic mass is 9.97. The second-order valence-electron chi connectivity index (χ2n) is 8.26. The Morgan fingerprint density at radius 3 is 2.12 bits per heavy atom. The number of fused-ring (bicyclic) bond motifs is 1. The van der Waals surface area contributed by atoms with Gasteiger partial charge in [0, 0.05) is 12.5 Å². The van der Waals surface area contributed by atoms with Gasteiger partial charge in [0.15, 0.2) is 0 Å². The molecule has 0 fully saturated rings. The third-order valence-electron chi connectivity index (χ3n) is 5.98. The quantitative estimate of drug-likeness (QED) is 0.305. The van der Waals surface area contributed by atoms with E-state index in [9.17, 15) is 4.39 Å². The minimum atomic E-state index is -0.219. The van der Waals surface area contributed by atoms with Gasteiger partial charge in [0.25, 0.3) is 0 Å². The molecule has 4 aromatic rings. The van der Waals surface area contributed by atoms with Gasteiger partial charge in [0.2, 0.25) is 0 Å². The summed E-state index contributed by atoms with van der Waals surface area (Å²) in [6.45, 7) is 0.392. The molecule has 0 aliphatic rings. The molecule has 0 aliphatic heterocycles. The molecule has 166 valence electrons. The maximum atomic E-state index is 15.1. The van der Waals surface area contributed by atoms with Crippen LogP contribution in [0, 0.1) is 23.0 Å². The molecule has 0 amide bonds. The second-order valence-corrected chi connectivity index (χ2v) is 8.26. The third kappa shape index (κ3) is 5.45. The number of benzene rings is 4. The van der Waals surface area contributed by atoms with E-state index in [1.807, 2.05) is 54.6 Å². The van der Waals surface area contributed by atoms with Crippen LogP contribution >= 0.6 is 0 Å². The average molecular weight is 442 g/mol. The van der Waals surface area contributed by atoms with Crippen LogP contribution in [0.2, 0.25) is 0 Å². The van der Waals surface area contributed by atoms with Gasteiger partial charge in [0.1, 0.15) is 11.6 Å². The Morgan fingerprint density at radius 1 is 0.727 bits per heavy atom. The molecule has 0 atom stereocenters. The fourth-order valence-corrected chi connectivity index (χ4v) is 4.09. The molecule has 0 saturated heterocycles. The van der Waals surface area contributed by atoms with E-state index in [4.69, 9.17) is 10.00 Å². The van der Waals surface area contributed by atoms with Gasteiger partial charge in [-0.1, -0.05) is 54.6 Å². The summed E-state index contributed by atoms with van der Waals surface area (Å²) in [6, 6.07) is 24.3. The Bertz CT molecular complexity index is 1310. The molecule has 0 spiro atoms. The summed E-state index contributed by atoms with van der Waals surface area (Å²) >= 11 is 0. The Labute approximate surface area is 193 Å². The highest BCUT2D eigenvalue weighted by atomic mass is 19.1.